The van der Waals surface area contributed by atoms with Gasteiger partial charge in [-0.15, -0.1) is 0 Å². The lowest BCUT2D eigenvalue weighted by atomic mass is 10.00. The number of nitrogens with one attached hydrogen (secondary N) is 1. The van der Waals surface area contributed by atoms with Gasteiger partial charge in [0.05, 0.1) is 12.2 Å². The van der Waals surface area contributed by atoms with Gasteiger partial charge in [0.15, 0.2) is 0 Å². The maximum absolute atomic E-state index is 11.6. The van der Waals surface area contributed by atoms with Crippen LogP contribution in [0.15, 0.2) is 30.3 Å². The summed E-state index contributed by atoms with van der Waals surface area (Å²) in [4.78, 5) is 11.6. The highest BCUT2D eigenvalue weighted by Crippen LogP contribution is 2.14. The van der Waals surface area contributed by atoms with Crippen molar-refractivity contribution in [2.75, 3.05) is 6.54 Å². The summed E-state index contributed by atoms with van der Waals surface area (Å²) in [7, 11) is 0. The molecule has 1 aromatic rings. The Morgan fingerprint density at radius 2 is 2.12 bits per heavy atom. The van der Waals surface area contributed by atoms with Gasteiger partial charge in [0.2, 0.25) is 5.91 Å². The lowest BCUT2D eigenvalue weighted by molar-refractivity contribution is -0.121. The molecule has 0 spiro atoms. The zero-order valence-corrected chi connectivity index (χ0v) is 9.05. The number of hydrogen-bond donors (Lipinski definition) is 2. The average Bonchev–Trinajstić information content (AvgIpc) is 2.29. The molecule has 84 valence electrons. The molecule has 1 rings (SSSR count). The summed E-state index contributed by atoms with van der Waals surface area (Å²) in [5, 5.41) is 20.5. The second kappa shape index (κ2) is 5.89. The Bertz CT molecular complexity index is 382. The normalized spacial score (nSPS) is 13.6. The van der Waals surface area contributed by atoms with Gasteiger partial charge in [0.25, 0.3) is 0 Å². The van der Waals surface area contributed by atoms with Crippen LogP contribution in [0.2, 0.25) is 0 Å². The van der Waals surface area contributed by atoms with Crippen molar-refractivity contribution in [2.24, 2.45) is 0 Å². The van der Waals surface area contributed by atoms with Gasteiger partial charge in [0, 0.05) is 6.54 Å². The number of carbonyl (C=O) groups is 1. The van der Waals surface area contributed by atoms with Crippen molar-refractivity contribution < 1.29 is 9.90 Å². The molecule has 0 bridgehead atoms. The van der Waals surface area contributed by atoms with Crippen LogP contribution in [0.1, 0.15) is 18.4 Å². The van der Waals surface area contributed by atoms with E-state index in [1.807, 2.05) is 12.1 Å². The van der Waals surface area contributed by atoms with E-state index in [0.29, 0.717) is 5.56 Å². The van der Waals surface area contributed by atoms with Crippen molar-refractivity contribution in [2.45, 2.75) is 18.9 Å². The minimum absolute atomic E-state index is 0.157. The van der Waals surface area contributed by atoms with E-state index in [1.54, 1.807) is 31.2 Å². The van der Waals surface area contributed by atoms with Gasteiger partial charge in [-0.05, 0) is 12.5 Å². The van der Waals surface area contributed by atoms with Gasteiger partial charge in [0.1, 0.15) is 5.92 Å². The first-order chi connectivity index (χ1) is 7.65. The molecule has 1 amide bonds. The quantitative estimate of drug-likeness (QED) is 0.784. The Hall–Kier alpha value is -1.86. The third kappa shape index (κ3) is 3.37. The number of hydrogen-bond acceptors (Lipinski definition) is 3. The summed E-state index contributed by atoms with van der Waals surface area (Å²) >= 11 is 0. The number of rotatable bonds is 4. The fourth-order valence-electron chi connectivity index (χ4n) is 1.28. The second-order valence-electron chi connectivity index (χ2n) is 3.57. The maximum Gasteiger partial charge on any atom is 0.241 e. The third-order valence-corrected chi connectivity index (χ3v) is 2.10. The Labute approximate surface area is 94.5 Å². The summed E-state index contributed by atoms with van der Waals surface area (Å²) in [5.41, 5.74) is 0.660. The second-order valence-corrected chi connectivity index (χ2v) is 3.57. The predicted octanol–water partition coefficient (Wildman–Crippen LogP) is 0.791. The molecule has 1 unspecified atom stereocenters. The number of carbonyl (C=O) groups excluding carboxylic acids is 1. The highest BCUT2D eigenvalue weighted by atomic mass is 16.3. The summed E-state index contributed by atoms with van der Waals surface area (Å²) in [6.07, 6.45) is -0.612. The minimum atomic E-state index is -0.819. The highest BCUT2D eigenvalue weighted by molar-refractivity contribution is 5.86. The average molecular weight is 218 g/mol. The number of amides is 1. The van der Waals surface area contributed by atoms with E-state index in [1.165, 1.54) is 0 Å². The highest BCUT2D eigenvalue weighted by Gasteiger charge is 2.19. The topological polar surface area (TPSA) is 73.1 Å². The van der Waals surface area contributed by atoms with Crippen molar-refractivity contribution >= 4 is 5.91 Å². The molecule has 0 saturated heterocycles. The maximum atomic E-state index is 11.6. The van der Waals surface area contributed by atoms with Gasteiger partial charge in [-0.2, -0.15) is 5.26 Å². The van der Waals surface area contributed by atoms with Crippen molar-refractivity contribution in [3.05, 3.63) is 35.9 Å². The number of aliphatic hydroxyl groups is 1. The Morgan fingerprint density at radius 1 is 1.50 bits per heavy atom. The molecule has 4 nitrogen and oxygen atoms in total. The van der Waals surface area contributed by atoms with E-state index in [4.69, 9.17) is 10.4 Å². The van der Waals surface area contributed by atoms with Crippen LogP contribution in [-0.4, -0.2) is 23.7 Å². The standard InChI is InChI=1S/C12H14N2O2/c1-9(15)8-14-12(16)11(7-13)10-5-3-2-4-6-10/h2-6,9,11,15H,8H2,1H3,(H,14,16)/t9-,11?/m0/s1. The first-order valence-corrected chi connectivity index (χ1v) is 5.05. The molecule has 2 atom stereocenters. The first kappa shape index (κ1) is 12.2. The molecular formula is C12H14N2O2. The van der Waals surface area contributed by atoms with Crippen LogP contribution in [0.3, 0.4) is 0 Å². The molecule has 16 heavy (non-hydrogen) atoms. The van der Waals surface area contributed by atoms with E-state index in [2.05, 4.69) is 5.32 Å². The number of aliphatic hydroxyl groups excluding tert-OH is 1. The van der Waals surface area contributed by atoms with E-state index in [0.717, 1.165) is 0 Å². The van der Waals surface area contributed by atoms with E-state index >= 15 is 0 Å². The number of nitriles is 1. The molecule has 0 heterocycles. The lowest BCUT2D eigenvalue weighted by Crippen LogP contribution is -2.34. The van der Waals surface area contributed by atoms with Crippen LogP contribution in [0, 0.1) is 11.3 Å². The van der Waals surface area contributed by atoms with Crippen molar-refractivity contribution in [3.8, 4) is 6.07 Å². The molecular weight excluding hydrogens is 204 g/mol. The molecule has 0 radical (unpaired) electrons. The van der Waals surface area contributed by atoms with E-state index < -0.39 is 12.0 Å². The summed E-state index contributed by atoms with van der Waals surface area (Å²) < 4.78 is 0. The first-order valence-electron chi connectivity index (χ1n) is 5.05. The van der Waals surface area contributed by atoms with Gasteiger partial charge < -0.3 is 10.4 Å². The fourth-order valence-corrected chi connectivity index (χ4v) is 1.28. The molecule has 2 N–H and O–H groups in total. The lowest BCUT2D eigenvalue weighted by Gasteiger charge is -2.11. The van der Waals surface area contributed by atoms with Crippen molar-refractivity contribution in [1.29, 1.82) is 5.26 Å². The van der Waals surface area contributed by atoms with Crippen LogP contribution < -0.4 is 5.32 Å². The zero-order chi connectivity index (χ0) is 12.0. The summed E-state index contributed by atoms with van der Waals surface area (Å²) in [5.74, 6) is -1.20. The molecule has 0 aliphatic rings. The van der Waals surface area contributed by atoms with Crippen LogP contribution >= 0.6 is 0 Å². The van der Waals surface area contributed by atoms with Crippen LogP contribution in [-0.2, 0) is 4.79 Å². The Balaban J connectivity index is 2.69. The molecule has 0 aliphatic heterocycles. The minimum Gasteiger partial charge on any atom is -0.392 e. The number of nitrogens with zero attached hydrogens (tertiary/aromatic N) is 1. The molecule has 0 aliphatic carbocycles. The number of benzene rings is 1. The van der Waals surface area contributed by atoms with Crippen molar-refractivity contribution in [1.82, 2.24) is 5.32 Å². The van der Waals surface area contributed by atoms with E-state index in [-0.39, 0.29) is 12.5 Å². The smallest absolute Gasteiger partial charge is 0.241 e. The molecule has 4 heteroatoms. The molecule has 0 saturated carbocycles. The van der Waals surface area contributed by atoms with Crippen molar-refractivity contribution in [3.63, 3.8) is 0 Å². The summed E-state index contributed by atoms with van der Waals surface area (Å²) in [6.45, 7) is 1.73. The SMILES string of the molecule is C[C@H](O)CNC(=O)C(C#N)c1ccccc1. The van der Waals surface area contributed by atoms with Gasteiger partial charge in [-0.25, -0.2) is 0 Å². The monoisotopic (exact) mass is 218 g/mol. The predicted molar refractivity (Wildman–Crippen MR) is 59.5 cm³/mol. The van der Waals surface area contributed by atoms with Crippen LogP contribution in [0.4, 0.5) is 0 Å². The fraction of sp³-hybridized carbons (Fsp3) is 0.333. The molecule has 0 fully saturated rings. The Kier molecular flexibility index (Phi) is 4.49. The van der Waals surface area contributed by atoms with E-state index in [9.17, 15) is 4.79 Å². The zero-order valence-electron chi connectivity index (χ0n) is 9.05. The molecule has 0 aromatic heterocycles. The largest absolute Gasteiger partial charge is 0.392 e. The van der Waals surface area contributed by atoms with Gasteiger partial charge >= 0.3 is 0 Å². The van der Waals surface area contributed by atoms with Gasteiger partial charge in [-0.1, -0.05) is 30.3 Å². The van der Waals surface area contributed by atoms with Crippen LogP contribution in [0.25, 0.3) is 0 Å². The van der Waals surface area contributed by atoms with Crippen LogP contribution in [0.5, 0.6) is 0 Å². The van der Waals surface area contributed by atoms with Gasteiger partial charge in [-0.3, -0.25) is 4.79 Å². The Morgan fingerprint density at radius 3 is 2.62 bits per heavy atom. The summed E-state index contributed by atoms with van der Waals surface area (Å²) in [6, 6.07) is 10.8. The molecule has 1 aromatic carbocycles. The third-order valence-electron chi connectivity index (χ3n) is 2.10.